The second-order valence-corrected chi connectivity index (χ2v) is 4.44. The van der Waals surface area contributed by atoms with Crippen LogP contribution in [0.2, 0.25) is 0 Å². The largest absolute Gasteiger partial charge is 0.346 e. The Morgan fingerprint density at radius 3 is 2.79 bits per heavy atom. The quantitative estimate of drug-likeness (QED) is 0.833. The van der Waals surface area contributed by atoms with Crippen molar-refractivity contribution in [3.8, 4) is 0 Å². The van der Waals surface area contributed by atoms with Crippen LogP contribution in [0.4, 0.5) is 0 Å². The number of halogens is 1. The molecule has 0 aliphatic carbocycles. The molecule has 0 bridgehead atoms. The van der Waals surface area contributed by atoms with E-state index in [0.717, 1.165) is 0 Å². The molecule has 0 fully saturated rings. The number of carbonyl (C=O) groups is 1. The van der Waals surface area contributed by atoms with Gasteiger partial charge in [0.15, 0.2) is 0 Å². The predicted molar refractivity (Wildman–Crippen MR) is 58.5 cm³/mol. The van der Waals surface area contributed by atoms with E-state index in [0.29, 0.717) is 10.9 Å². The van der Waals surface area contributed by atoms with E-state index in [4.69, 9.17) is 0 Å². The molecule has 0 saturated carbocycles. The first-order valence-electron chi connectivity index (χ1n) is 4.32. The van der Waals surface area contributed by atoms with Gasteiger partial charge >= 0.3 is 0 Å². The molecule has 0 aromatic carbocycles. The Morgan fingerprint density at radius 1 is 1.71 bits per heavy atom. The summed E-state index contributed by atoms with van der Waals surface area (Å²) >= 11 is 3.34. The third kappa shape index (κ3) is 2.83. The van der Waals surface area contributed by atoms with Crippen LogP contribution in [-0.2, 0) is 7.05 Å². The number of alkyl halides is 1. The maximum absolute atomic E-state index is 11.6. The summed E-state index contributed by atoms with van der Waals surface area (Å²) in [7, 11) is 1.78. The highest BCUT2D eigenvalue weighted by atomic mass is 79.9. The van der Waals surface area contributed by atoms with Gasteiger partial charge in [0.25, 0.3) is 5.91 Å². The number of nitrogens with one attached hydrogen (secondary N) is 1. The minimum atomic E-state index is -0.243. The SMILES string of the molecule is Cn1cc(C(=O)NC(C)(C)CBr)cn1. The summed E-state index contributed by atoms with van der Waals surface area (Å²) in [5, 5.41) is 7.55. The molecule has 5 heteroatoms. The van der Waals surface area contributed by atoms with Crippen LogP contribution in [0.3, 0.4) is 0 Å². The Hall–Kier alpha value is -0.840. The predicted octanol–water partition coefficient (Wildman–Crippen LogP) is 1.32. The lowest BCUT2D eigenvalue weighted by Crippen LogP contribution is -2.44. The molecule has 1 heterocycles. The molecule has 1 amide bonds. The number of aryl methyl sites for hydroxylation is 1. The van der Waals surface area contributed by atoms with E-state index < -0.39 is 0 Å². The number of carbonyl (C=O) groups excluding carboxylic acids is 1. The Labute approximate surface area is 91.8 Å². The number of nitrogens with zero attached hydrogens (tertiary/aromatic N) is 2. The molecule has 0 saturated heterocycles. The van der Waals surface area contributed by atoms with Gasteiger partial charge in [-0.25, -0.2) is 0 Å². The van der Waals surface area contributed by atoms with Crippen LogP contribution in [0, 0.1) is 0 Å². The van der Waals surface area contributed by atoms with Crippen molar-refractivity contribution in [3.63, 3.8) is 0 Å². The van der Waals surface area contributed by atoms with E-state index in [9.17, 15) is 4.79 Å². The Balaban J connectivity index is 2.68. The summed E-state index contributed by atoms with van der Waals surface area (Å²) in [6.07, 6.45) is 3.25. The molecule has 0 spiro atoms. The summed E-state index contributed by atoms with van der Waals surface area (Å²) in [5.74, 6) is -0.0949. The van der Waals surface area contributed by atoms with Crippen molar-refractivity contribution in [1.82, 2.24) is 15.1 Å². The maximum Gasteiger partial charge on any atom is 0.254 e. The first-order valence-corrected chi connectivity index (χ1v) is 5.44. The molecule has 0 aliphatic rings. The van der Waals surface area contributed by atoms with E-state index in [-0.39, 0.29) is 11.4 Å². The van der Waals surface area contributed by atoms with Gasteiger partial charge in [-0.2, -0.15) is 5.10 Å². The Bertz CT molecular complexity index is 333. The van der Waals surface area contributed by atoms with E-state index in [1.807, 2.05) is 13.8 Å². The molecule has 1 aromatic rings. The molecule has 0 aliphatic heterocycles. The highest BCUT2D eigenvalue weighted by Crippen LogP contribution is 2.07. The second kappa shape index (κ2) is 4.13. The molecule has 1 aromatic heterocycles. The lowest BCUT2D eigenvalue weighted by Gasteiger charge is -2.22. The summed E-state index contributed by atoms with van der Waals surface area (Å²) < 4.78 is 1.61. The molecule has 0 radical (unpaired) electrons. The number of amides is 1. The lowest BCUT2D eigenvalue weighted by atomic mass is 10.1. The average Bonchev–Trinajstić information content (AvgIpc) is 2.51. The zero-order valence-electron chi connectivity index (χ0n) is 8.54. The molecule has 4 nitrogen and oxygen atoms in total. The normalized spacial score (nSPS) is 11.4. The average molecular weight is 260 g/mol. The van der Waals surface area contributed by atoms with Crippen LogP contribution in [0.25, 0.3) is 0 Å². The molecule has 1 N–H and O–H groups in total. The lowest BCUT2D eigenvalue weighted by molar-refractivity contribution is 0.0921. The smallest absolute Gasteiger partial charge is 0.254 e. The molecule has 14 heavy (non-hydrogen) atoms. The fourth-order valence-corrected chi connectivity index (χ4v) is 1.09. The van der Waals surface area contributed by atoms with Crippen molar-refractivity contribution >= 4 is 21.8 Å². The van der Waals surface area contributed by atoms with E-state index in [2.05, 4.69) is 26.3 Å². The summed E-state index contributed by atoms with van der Waals surface area (Å²) in [4.78, 5) is 11.6. The number of hydrogen-bond donors (Lipinski definition) is 1. The highest BCUT2D eigenvalue weighted by Gasteiger charge is 2.20. The minimum absolute atomic E-state index is 0.0949. The Morgan fingerprint density at radius 2 is 2.36 bits per heavy atom. The first kappa shape index (κ1) is 11.2. The van der Waals surface area contributed by atoms with Crippen molar-refractivity contribution in [2.75, 3.05) is 5.33 Å². The van der Waals surface area contributed by atoms with Gasteiger partial charge in [0.2, 0.25) is 0 Å². The van der Waals surface area contributed by atoms with Crippen molar-refractivity contribution in [1.29, 1.82) is 0 Å². The molecular weight excluding hydrogens is 246 g/mol. The fraction of sp³-hybridized carbons (Fsp3) is 0.556. The zero-order chi connectivity index (χ0) is 10.8. The van der Waals surface area contributed by atoms with Gasteiger partial charge in [0, 0.05) is 24.1 Å². The molecule has 78 valence electrons. The zero-order valence-corrected chi connectivity index (χ0v) is 10.1. The van der Waals surface area contributed by atoms with Gasteiger partial charge in [-0.05, 0) is 13.8 Å². The molecular formula is C9H14BrN3O. The van der Waals surface area contributed by atoms with Crippen molar-refractivity contribution in [2.24, 2.45) is 7.05 Å². The van der Waals surface area contributed by atoms with Crippen LogP contribution >= 0.6 is 15.9 Å². The van der Waals surface area contributed by atoms with Crippen LogP contribution < -0.4 is 5.32 Å². The summed E-state index contributed by atoms with van der Waals surface area (Å²) in [6, 6.07) is 0. The van der Waals surface area contributed by atoms with Gasteiger partial charge in [0.1, 0.15) is 0 Å². The van der Waals surface area contributed by atoms with Gasteiger partial charge in [-0.15, -0.1) is 0 Å². The summed E-state index contributed by atoms with van der Waals surface area (Å²) in [5.41, 5.74) is 0.342. The van der Waals surface area contributed by atoms with Gasteiger partial charge in [0.05, 0.1) is 11.8 Å². The first-order chi connectivity index (χ1) is 6.44. The van der Waals surface area contributed by atoms with Crippen LogP contribution in [0.1, 0.15) is 24.2 Å². The minimum Gasteiger partial charge on any atom is -0.346 e. The van der Waals surface area contributed by atoms with E-state index >= 15 is 0 Å². The number of hydrogen-bond acceptors (Lipinski definition) is 2. The van der Waals surface area contributed by atoms with Crippen LogP contribution in [-0.4, -0.2) is 26.6 Å². The maximum atomic E-state index is 11.6. The van der Waals surface area contributed by atoms with Crippen LogP contribution in [0.5, 0.6) is 0 Å². The molecule has 1 rings (SSSR count). The third-order valence-electron chi connectivity index (χ3n) is 1.75. The standard InChI is InChI=1S/C9H14BrN3O/c1-9(2,6-10)12-8(14)7-4-11-13(3)5-7/h4-5H,6H2,1-3H3,(H,12,14). The van der Waals surface area contributed by atoms with E-state index in [1.165, 1.54) is 0 Å². The summed E-state index contributed by atoms with van der Waals surface area (Å²) in [6.45, 7) is 3.91. The van der Waals surface area contributed by atoms with Gasteiger partial charge in [-0.3, -0.25) is 9.48 Å². The Kier molecular flexibility index (Phi) is 3.31. The number of aromatic nitrogens is 2. The highest BCUT2D eigenvalue weighted by molar-refractivity contribution is 9.09. The third-order valence-corrected chi connectivity index (χ3v) is 3.15. The molecule has 0 atom stereocenters. The topological polar surface area (TPSA) is 46.9 Å². The van der Waals surface area contributed by atoms with Crippen LogP contribution in [0.15, 0.2) is 12.4 Å². The fourth-order valence-electron chi connectivity index (χ4n) is 0.951. The number of rotatable bonds is 3. The van der Waals surface area contributed by atoms with Crippen molar-refractivity contribution in [3.05, 3.63) is 18.0 Å². The van der Waals surface area contributed by atoms with E-state index in [1.54, 1.807) is 24.1 Å². The second-order valence-electron chi connectivity index (χ2n) is 3.87. The monoisotopic (exact) mass is 259 g/mol. The molecule has 0 unspecified atom stereocenters. The van der Waals surface area contributed by atoms with Gasteiger partial charge < -0.3 is 5.32 Å². The van der Waals surface area contributed by atoms with Crippen molar-refractivity contribution in [2.45, 2.75) is 19.4 Å². The van der Waals surface area contributed by atoms with Gasteiger partial charge in [-0.1, -0.05) is 15.9 Å². The van der Waals surface area contributed by atoms with Crippen molar-refractivity contribution < 1.29 is 4.79 Å².